The summed E-state index contributed by atoms with van der Waals surface area (Å²) in [6.45, 7) is 0. The van der Waals surface area contributed by atoms with Crippen LogP contribution in [-0.4, -0.2) is 11.1 Å². The van der Waals surface area contributed by atoms with E-state index in [1.165, 1.54) is 0 Å². The van der Waals surface area contributed by atoms with Gasteiger partial charge in [-0.05, 0) is 11.1 Å². The van der Waals surface area contributed by atoms with Crippen molar-refractivity contribution in [1.82, 2.24) is 0 Å². The Kier molecular flexibility index (Phi) is 4.48. The maximum Gasteiger partial charge on any atom is 0.154 e. The number of carboxylic acids is 1. The molecule has 0 heterocycles. The summed E-state index contributed by atoms with van der Waals surface area (Å²) in [7, 11) is 0. The molecular formula is C14H12ClO3-. The number of hydrogen-bond acceptors (Lipinski definition) is 3. The second-order valence-corrected chi connectivity index (χ2v) is 3.73. The number of aliphatic carboxylic acids is 1. The van der Waals surface area contributed by atoms with Gasteiger partial charge in [-0.15, -0.1) is 12.4 Å². The summed E-state index contributed by atoms with van der Waals surface area (Å²) in [5.74, 6) is -1.53. The Hall–Kier alpha value is -1.84. The van der Waals surface area contributed by atoms with E-state index in [9.17, 15) is 15.0 Å². The van der Waals surface area contributed by atoms with Gasteiger partial charge in [0.15, 0.2) is 5.60 Å². The van der Waals surface area contributed by atoms with Gasteiger partial charge in [0.05, 0.1) is 5.97 Å². The standard InChI is InChI=1S/C14H12O3.ClH/c15-13(16)14(17,11-7-3-1-4-8-11)12-9-5-2-6-10-12;/h1-10,17H,(H,15,16);1H/p-1. The summed E-state index contributed by atoms with van der Waals surface area (Å²) in [5, 5.41) is 21.6. The Labute approximate surface area is 111 Å². The first-order chi connectivity index (χ1) is 8.15. The first-order valence-electron chi connectivity index (χ1n) is 5.20. The average Bonchev–Trinajstić information content (AvgIpc) is 2.39. The molecule has 0 aliphatic rings. The molecule has 1 N–H and O–H groups in total. The van der Waals surface area contributed by atoms with Crippen LogP contribution in [0.2, 0.25) is 0 Å². The van der Waals surface area contributed by atoms with Crippen molar-refractivity contribution in [2.24, 2.45) is 0 Å². The first kappa shape index (κ1) is 14.2. The van der Waals surface area contributed by atoms with Crippen LogP contribution < -0.4 is 5.11 Å². The van der Waals surface area contributed by atoms with E-state index in [1.807, 2.05) is 0 Å². The van der Waals surface area contributed by atoms with Crippen molar-refractivity contribution in [2.45, 2.75) is 5.60 Å². The van der Waals surface area contributed by atoms with Crippen molar-refractivity contribution >= 4 is 18.4 Å². The van der Waals surface area contributed by atoms with Crippen molar-refractivity contribution < 1.29 is 15.0 Å². The van der Waals surface area contributed by atoms with E-state index in [1.54, 1.807) is 60.7 Å². The SMILES string of the molecule is Cl.O=C([O-])C(O)(c1ccccc1)c1ccccc1. The minimum atomic E-state index is -2.11. The zero-order valence-corrected chi connectivity index (χ0v) is 10.3. The van der Waals surface area contributed by atoms with Crippen molar-refractivity contribution in [3.63, 3.8) is 0 Å². The van der Waals surface area contributed by atoms with Crippen LogP contribution in [0.3, 0.4) is 0 Å². The van der Waals surface area contributed by atoms with Gasteiger partial charge in [-0.25, -0.2) is 0 Å². The summed E-state index contributed by atoms with van der Waals surface area (Å²) in [6, 6.07) is 16.4. The van der Waals surface area contributed by atoms with Gasteiger partial charge >= 0.3 is 0 Å². The Bertz CT molecular complexity index is 472. The summed E-state index contributed by atoms with van der Waals surface area (Å²) >= 11 is 0. The normalized spacial score (nSPS) is 10.5. The molecule has 4 heteroatoms. The van der Waals surface area contributed by atoms with Crippen LogP contribution in [0, 0.1) is 0 Å². The van der Waals surface area contributed by atoms with E-state index in [2.05, 4.69) is 0 Å². The molecule has 0 aliphatic carbocycles. The summed E-state index contributed by atoms with van der Waals surface area (Å²) < 4.78 is 0. The molecule has 18 heavy (non-hydrogen) atoms. The number of carboxylic acid groups (broad SMARTS) is 1. The predicted molar refractivity (Wildman–Crippen MR) is 68.1 cm³/mol. The molecule has 0 bridgehead atoms. The maximum atomic E-state index is 11.3. The van der Waals surface area contributed by atoms with Crippen molar-refractivity contribution in [1.29, 1.82) is 0 Å². The number of carbonyl (C=O) groups excluding carboxylic acids is 1. The van der Waals surface area contributed by atoms with Crippen LogP contribution in [0.4, 0.5) is 0 Å². The number of benzene rings is 2. The molecule has 2 rings (SSSR count). The molecule has 0 saturated carbocycles. The second kappa shape index (κ2) is 5.67. The monoisotopic (exact) mass is 263 g/mol. The lowest BCUT2D eigenvalue weighted by Crippen LogP contribution is -2.46. The van der Waals surface area contributed by atoms with Gasteiger partial charge in [0.2, 0.25) is 0 Å². The molecule has 0 saturated heterocycles. The van der Waals surface area contributed by atoms with E-state index in [0.29, 0.717) is 0 Å². The second-order valence-electron chi connectivity index (χ2n) is 3.73. The molecule has 94 valence electrons. The Morgan fingerprint density at radius 3 is 1.50 bits per heavy atom. The van der Waals surface area contributed by atoms with Gasteiger partial charge in [-0.1, -0.05) is 60.7 Å². The lowest BCUT2D eigenvalue weighted by atomic mass is 9.86. The van der Waals surface area contributed by atoms with Crippen molar-refractivity contribution in [3.8, 4) is 0 Å². The molecule has 0 unspecified atom stereocenters. The highest BCUT2D eigenvalue weighted by Gasteiger charge is 2.32. The van der Waals surface area contributed by atoms with Crippen molar-refractivity contribution in [2.75, 3.05) is 0 Å². The maximum absolute atomic E-state index is 11.3. The smallest absolute Gasteiger partial charge is 0.154 e. The fraction of sp³-hybridized carbons (Fsp3) is 0.0714. The Morgan fingerprint density at radius 2 is 1.22 bits per heavy atom. The molecule has 0 aliphatic heterocycles. The van der Waals surface area contributed by atoms with Crippen LogP contribution in [-0.2, 0) is 10.4 Å². The quantitative estimate of drug-likeness (QED) is 0.902. The van der Waals surface area contributed by atoms with E-state index in [4.69, 9.17) is 0 Å². The lowest BCUT2D eigenvalue weighted by molar-refractivity contribution is -0.322. The highest BCUT2D eigenvalue weighted by molar-refractivity contribution is 5.85. The van der Waals surface area contributed by atoms with Gasteiger partial charge < -0.3 is 15.0 Å². The van der Waals surface area contributed by atoms with Gasteiger partial charge in [0, 0.05) is 0 Å². The molecule has 0 spiro atoms. The molecule has 0 radical (unpaired) electrons. The molecule has 0 amide bonds. The van der Waals surface area contributed by atoms with Crippen LogP contribution >= 0.6 is 12.4 Å². The van der Waals surface area contributed by atoms with E-state index in [0.717, 1.165) is 0 Å². The minimum absolute atomic E-state index is 0. The van der Waals surface area contributed by atoms with Crippen LogP contribution in [0.1, 0.15) is 11.1 Å². The topological polar surface area (TPSA) is 60.4 Å². The highest BCUT2D eigenvalue weighted by atomic mass is 35.5. The van der Waals surface area contributed by atoms with Gasteiger partial charge in [0.25, 0.3) is 0 Å². The zero-order chi connectivity index (χ0) is 12.3. The number of carbonyl (C=O) groups is 1. The fourth-order valence-electron chi connectivity index (χ4n) is 1.76. The first-order valence-corrected chi connectivity index (χ1v) is 5.20. The van der Waals surface area contributed by atoms with Gasteiger partial charge in [-0.2, -0.15) is 0 Å². The third kappa shape index (κ3) is 2.37. The van der Waals surface area contributed by atoms with E-state index in [-0.39, 0.29) is 23.5 Å². The number of rotatable bonds is 3. The predicted octanol–water partition coefficient (Wildman–Crippen LogP) is 1.09. The lowest BCUT2D eigenvalue weighted by Gasteiger charge is -2.30. The Balaban J connectivity index is 0.00000162. The summed E-state index contributed by atoms with van der Waals surface area (Å²) in [5.41, 5.74) is -1.54. The molecule has 2 aromatic rings. The third-order valence-electron chi connectivity index (χ3n) is 2.68. The van der Waals surface area contributed by atoms with E-state index >= 15 is 0 Å². The molecule has 2 aromatic carbocycles. The van der Waals surface area contributed by atoms with Crippen LogP contribution in [0.25, 0.3) is 0 Å². The number of aliphatic hydroxyl groups is 1. The largest absolute Gasteiger partial charge is 0.546 e. The van der Waals surface area contributed by atoms with Crippen LogP contribution in [0.5, 0.6) is 0 Å². The van der Waals surface area contributed by atoms with Crippen LogP contribution in [0.15, 0.2) is 60.7 Å². The molecule has 0 aromatic heterocycles. The molecule has 0 atom stereocenters. The Morgan fingerprint density at radius 1 is 0.889 bits per heavy atom. The highest BCUT2D eigenvalue weighted by Crippen LogP contribution is 2.28. The third-order valence-corrected chi connectivity index (χ3v) is 2.68. The summed E-state index contributed by atoms with van der Waals surface area (Å²) in [4.78, 5) is 11.3. The van der Waals surface area contributed by atoms with E-state index < -0.39 is 11.6 Å². The molecule has 0 fully saturated rings. The fourth-order valence-corrected chi connectivity index (χ4v) is 1.76. The molecular weight excluding hydrogens is 252 g/mol. The minimum Gasteiger partial charge on any atom is -0.546 e. The van der Waals surface area contributed by atoms with Crippen molar-refractivity contribution in [3.05, 3.63) is 71.8 Å². The van der Waals surface area contributed by atoms with Gasteiger partial charge in [-0.3, -0.25) is 0 Å². The average molecular weight is 264 g/mol. The number of halogens is 1. The van der Waals surface area contributed by atoms with Gasteiger partial charge in [0.1, 0.15) is 0 Å². The summed E-state index contributed by atoms with van der Waals surface area (Å²) in [6.07, 6.45) is 0. The zero-order valence-electron chi connectivity index (χ0n) is 9.45. The molecule has 3 nitrogen and oxygen atoms in total. The number of hydrogen-bond donors (Lipinski definition) is 1.